The number of nitrogens with zero attached hydrogens (tertiary/aromatic N) is 3. The average molecular weight is 419 g/mol. The Morgan fingerprint density at radius 1 is 1.16 bits per heavy atom. The SMILES string of the molecule is CCCOc1nc2ccccc2nc1N1CCCC(C(=O)Nc2ccc(C)cc2C)C1. The van der Waals surface area contributed by atoms with Crippen LogP contribution < -0.4 is 15.0 Å². The average Bonchev–Trinajstić information content (AvgIpc) is 2.79. The van der Waals surface area contributed by atoms with Crippen LogP contribution in [0.15, 0.2) is 42.5 Å². The van der Waals surface area contributed by atoms with E-state index >= 15 is 0 Å². The van der Waals surface area contributed by atoms with E-state index < -0.39 is 0 Å². The van der Waals surface area contributed by atoms with Gasteiger partial charge in [-0.1, -0.05) is 36.8 Å². The zero-order chi connectivity index (χ0) is 21.8. The number of aromatic nitrogens is 2. The maximum atomic E-state index is 13.0. The summed E-state index contributed by atoms with van der Waals surface area (Å²) in [4.78, 5) is 24.8. The molecule has 0 spiro atoms. The number of benzene rings is 2. The molecule has 1 aromatic heterocycles. The number of rotatable bonds is 6. The van der Waals surface area contributed by atoms with E-state index in [9.17, 15) is 4.79 Å². The summed E-state index contributed by atoms with van der Waals surface area (Å²) in [6.07, 6.45) is 2.68. The van der Waals surface area contributed by atoms with Crippen LogP contribution in [-0.2, 0) is 4.79 Å². The fourth-order valence-corrected chi connectivity index (χ4v) is 4.05. The second-order valence-corrected chi connectivity index (χ2v) is 8.28. The Morgan fingerprint density at radius 2 is 1.94 bits per heavy atom. The van der Waals surface area contributed by atoms with Crippen molar-refractivity contribution in [1.82, 2.24) is 9.97 Å². The quantitative estimate of drug-likeness (QED) is 0.617. The third-order valence-electron chi connectivity index (χ3n) is 5.70. The van der Waals surface area contributed by atoms with Crippen molar-refractivity contribution in [3.05, 3.63) is 53.6 Å². The molecule has 1 aliphatic heterocycles. The summed E-state index contributed by atoms with van der Waals surface area (Å²) in [5.41, 5.74) is 4.80. The molecule has 0 bridgehead atoms. The van der Waals surface area contributed by atoms with Gasteiger partial charge in [0, 0.05) is 18.8 Å². The number of carbonyl (C=O) groups is 1. The molecule has 0 saturated carbocycles. The number of fused-ring (bicyclic) bond motifs is 1. The minimum Gasteiger partial charge on any atom is -0.475 e. The zero-order valence-corrected chi connectivity index (χ0v) is 18.5. The highest BCUT2D eigenvalue weighted by Gasteiger charge is 2.29. The maximum absolute atomic E-state index is 13.0. The van der Waals surface area contributed by atoms with Crippen LogP contribution in [0.2, 0.25) is 0 Å². The third kappa shape index (κ3) is 4.79. The van der Waals surface area contributed by atoms with Crippen LogP contribution >= 0.6 is 0 Å². The molecule has 3 aromatic rings. The normalized spacial score (nSPS) is 16.4. The Kier molecular flexibility index (Phi) is 6.35. The molecule has 1 N–H and O–H groups in total. The molecule has 2 heterocycles. The van der Waals surface area contributed by atoms with Crippen molar-refractivity contribution in [2.75, 3.05) is 29.9 Å². The summed E-state index contributed by atoms with van der Waals surface area (Å²) in [7, 11) is 0. The fourth-order valence-electron chi connectivity index (χ4n) is 4.05. The van der Waals surface area contributed by atoms with Crippen LogP contribution in [0, 0.1) is 19.8 Å². The highest BCUT2D eigenvalue weighted by atomic mass is 16.5. The molecular weight excluding hydrogens is 388 g/mol. The van der Waals surface area contributed by atoms with Crippen LogP contribution in [0.3, 0.4) is 0 Å². The summed E-state index contributed by atoms with van der Waals surface area (Å²) >= 11 is 0. The van der Waals surface area contributed by atoms with Crippen LogP contribution in [0.1, 0.15) is 37.3 Å². The van der Waals surface area contributed by atoms with Crippen LogP contribution in [0.25, 0.3) is 11.0 Å². The molecule has 2 aromatic carbocycles. The number of piperidine rings is 1. The van der Waals surface area contributed by atoms with Gasteiger partial charge < -0.3 is 15.0 Å². The Hall–Kier alpha value is -3.15. The minimum absolute atomic E-state index is 0.0569. The fraction of sp³-hybridized carbons (Fsp3) is 0.400. The molecule has 6 nitrogen and oxygen atoms in total. The second-order valence-electron chi connectivity index (χ2n) is 8.28. The Labute approximate surface area is 183 Å². The van der Waals surface area contributed by atoms with Crippen molar-refractivity contribution in [2.24, 2.45) is 5.92 Å². The predicted octanol–water partition coefficient (Wildman–Crippen LogP) is 4.89. The van der Waals surface area contributed by atoms with Gasteiger partial charge in [-0.05, 0) is 56.9 Å². The van der Waals surface area contributed by atoms with Gasteiger partial charge in [0.25, 0.3) is 5.88 Å². The summed E-state index contributed by atoms with van der Waals surface area (Å²) in [6, 6.07) is 13.9. The lowest BCUT2D eigenvalue weighted by Crippen LogP contribution is -2.41. The van der Waals surface area contributed by atoms with Crippen LogP contribution in [0.4, 0.5) is 11.5 Å². The molecule has 1 unspecified atom stereocenters. The van der Waals surface area contributed by atoms with E-state index in [2.05, 4.69) is 30.1 Å². The van der Waals surface area contributed by atoms with Gasteiger partial charge in [0.1, 0.15) is 0 Å². The molecule has 6 heteroatoms. The number of ether oxygens (including phenoxy) is 1. The number of amides is 1. The number of nitrogens with one attached hydrogen (secondary N) is 1. The van der Waals surface area contributed by atoms with E-state index in [0.29, 0.717) is 19.0 Å². The number of carbonyl (C=O) groups excluding carboxylic acids is 1. The third-order valence-corrected chi connectivity index (χ3v) is 5.70. The van der Waals surface area contributed by atoms with Gasteiger partial charge in [-0.25, -0.2) is 9.97 Å². The van der Waals surface area contributed by atoms with E-state index in [0.717, 1.165) is 53.9 Å². The van der Waals surface area contributed by atoms with Gasteiger partial charge >= 0.3 is 0 Å². The highest BCUT2D eigenvalue weighted by molar-refractivity contribution is 5.93. The predicted molar refractivity (Wildman–Crippen MR) is 125 cm³/mol. The lowest BCUT2D eigenvalue weighted by Gasteiger charge is -2.33. The van der Waals surface area contributed by atoms with Crippen molar-refractivity contribution in [1.29, 1.82) is 0 Å². The molecular formula is C25H30N4O2. The molecule has 1 atom stereocenters. The molecule has 0 aliphatic carbocycles. The molecule has 0 radical (unpaired) electrons. The molecule has 162 valence electrons. The van der Waals surface area contributed by atoms with Crippen molar-refractivity contribution in [3.8, 4) is 5.88 Å². The first-order chi connectivity index (χ1) is 15.0. The monoisotopic (exact) mass is 418 g/mol. The summed E-state index contributed by atoms with van der Waals surface area (Å²) < 4.78 is 5.95. The first-order valence-corrected chi connectivity index (χ1v) is 11.1. The standard InChI is InChI=1S/C25H30N4O2/c1-4-14-31-25-23(26-21-9-5-6-10-22(21)28-25)29-13-7-8-19(16-29)24(30)27-20-12-11-17(2)15-18(20)3/h5-6,9-12,15,19H,4,7-8,13-14,16H2,1-3H3,(H,27,30). The Bertz CT molecular complexity index is 1080. The summed E-state index contributed by atoms with van der Waals surface area (Å²) in [5, 5.41) is 3.12. The smallest absolute Gasteiger partial charge is 0.258 e. The number of aryl methyl sites for hydroxylation is 2. The van der Waals surface area contributed by atoms with Gasteiger partial charge in [0.2, 0.25) is 5.91 Å². The molecule has 4 rings (SSSR count). The Balaban J connectivity index is 1.56. The van der Waals surface area contributed by atoms with Gasteiger partial charge in [-0.3, -0.25) is 4.79 Å². The van der Waals surface area contributed by atoms with Crippen molar-refractivity contribution >= 4 is 28.4 Å². The number of hydrogen-bond donors (Lipinski definition) is 1. The van der Waals surface area contributed by atoms with E-state index in [1.165, 1.54) is 5.56 Å². The largest absolute Gasteiger partial charge is 0.475 e. The van der Waals surface area contributed by atoms with E-state index in [-0.39, 0.29) is 11.8 Å². The summed E-state index contributed by atoms with van der Waals surface area (Å²) in [6.45, 7) is 8.18. The van der Waals surface area contributed by atoms with Gasteiger partial charge in [-0.2, -0.15) is 0 Å². The second kappa shape index (κ2) is 9.33. The minimum atomic E-state index is -0.109. The van der Waals surface area contributed by atoms with E-state index in [1.807, 2.05) is 43.3 Å². The molecule has 31 heavy (non-hydrogen) atoms. The van der Waals surface area contributed by atoms with Crippen molar-refractivity contribution in [2.45, 2.75) is 40.0 Å². The van der Waals surface area contributed by atoms with Gasteiger partial charge in [0.05, 0.1) is 23.6 Å². The first-order valence-electron chi connectivity index (χ1n) is 11.1. The highest BCUT2D eigenvalue weighted by Crippen LogP contribution is 2.31. The molecule has 1 fully saturated rings. The summed E-state index contributed by atoms with van der Waals surface area (Å²) in [5.74, 6) is 1.23. The van der Waals surface area contributed by atoms with Crippen LogP contribution in [0.5, 0.6) is 5.88 Å². The zero-order valence-electron chi connectivity index (χ0n) is 18.5. The lowest BCUT2D eigenvalue weighted by atomic mass is 9.96. The Morgan fingerprint density at radius 3 is 2.68 bits per heavy atom. The first kappa shape index (κ1) is 21.1. The topological polar surface area (TPSA) is 67.4 Å². The number of anilines is 2. The number of hydrogen-bond acceptors (Lipinski definition) is 5. The lowest BCUT2D eigenvalue weighted by molar-refractivity contribution is -0.120. The van der Waals surface area contributed by atoms with E-state index in [1.54, 1.807) is 0 Å². The van der Waals surface area contributed by atoms with E-state index in [4.69, 9.17) is 14.7 Å². The van der Waals surface area contributed by atoms with Crippen molar-refractivity contribution < 1.29 is 9.53 Å². The van der Waals surface area contributed by atoms with Crippen molar-refractivity contribution in [3.63, 3.8) is 0 Å². The van der Waals surface area contributed by atoms with Gasteiger partial charge in [0.15, 0.2) is 5.82 Å². The molecule has 1 aliphatic rings. The van der Waals surface area contributed by atoms with Crippen LogP contribution in [-0.4, -0.2) is 35.6 Å². The number of para-hydroxylation sites is 2. The maximum Gasteiger partial charge on any atom is 0.258 e. The molecule has 1 amide bonds. The van der Waals surface area contributed by atoms with Gasteiger partial charge in [-0.15, -0.1) is 0 Å². The molecule has 1 saturated heterocycles.